The van der Waals surface area contributed by atoms with Gasteiger partial charge in [0.2, 0.25) is 5.91 Å². The lowest BCUT2D eigenvalue weighted by Crippen LogP contribution is -2.20. The molecule has 33 heavy (non-hydrogen) atoms. The Morgan fingerprint density at radius 1 is 1.03 bits per heavy atom. The van der Waals surface area contributed by atoms with Crippen molar-refractivity contribution in [3.63, 3.8) is 0 Å². The second-order valence-electron chi connectivity index (χ2n) is 7.24. The average Bonchev–Trinajstić information content (AvgIpc) is 3.27. The highest BCUT2D eigenvalue weighted by Gasteiger charge is 2.11. The second kappa shape index (κ2) is 9.23. The number of nitrogens with zero attached hydrogens (tertiary/aromatic N) is 1. The standard InChI is InChI=1S/C24H20FN5O3/c1-14-3-2-4-16(9-14)29-24(32)30-20-6-5-17(11-19(20)25)33-18-7-8-27-22(12-18)21-10-15(13-28-21)23(26)31/h2-13,28H,1H3,(H2,26,31)(H2,29,30,32). The van der Waals surface area contributed by atoms with Crippen LogP contribution in [-0.2, 0) is 0 Å². The number of anilines is 2. The Morgan fingerprint density at radius 3 is 2.58 bits per heavy atom. The van der Waals surface area contributed by atoms with Crippen LogP contribution in [0.5, 0.6) is 11.5 Å². The van der Waals surface area contributed by atoms with Crippen LogP contribution in [0.3, 0.4) is 0 Å². The summed E-state index contributed by atoms with van der Waals surface area (Å²) >= 11 is 0. The van der Waals surface area contributed by atoms with Gasteiger partial charge in [0.05, 0.1) is 22.6 Å². The summed E-state index contributed by atoms with van der Waals surface area (Å²) in [4.78, 5) is 30.6. The molecule has 0 saturated carbocycles. The van der Waals surface area contributed by atoms with Gasteiger partial charge in [0.1, 0.15) is 17.3 Å². The van der Waals surface area contributed by atoms with Gasteiger partial charge in [-0.2, -0.15) is 0 Å². The first-order chi connectivity index (χ1) is 15.9. The monoisotopic (exact) mass is 445 g/mol. The van der Waals surface area contributed by atoms with E-state index in [2.05, 4.69) is 20.6 Å². The molecule has 0 fully saturated rings. The second-order valence-corrected chi connectivity index (χ2v) is 7.24. The molecule has 0 unspecified atom stereocenters. The number of hydrogen-bond donors (Lipinski definition) is 4. The van der Waals surface area contributed by atoms with Crippen molar-refractivity contribution in [3.05, 3.63) is 90.0 Å². The molecule has 2 heterocycles. The number of halogens is 1. The van der Waals surface area contributed by atoms with E-state index in [9.17, 15) is 14.0 Å². The molecule has 166 valence electrons. The lowest BCUT2D eigenvalue weighted by Gasteiger charge is -2.11. The molecule has 0 aliphatic heterocycles. The van der Waals surface area contributed by atoms with Crippen LogP contribution in [0.15, 0.2) is 73.1 Å². The van der Waals surface area contributed by atoms with Crippen molar-refractivity contribution in [2.75, 3.05) is 10.6 Å². The van der Waals surface area contributed by atoms with Gasteiger partial charge < -0.3 is 26.1 Å². The van der Waals surface area contributed by atoms with E-state index < -0.39 is 17.8 Å². The van der Waals surface area contributed by atoms with E-state index in [1.165, 1.54) is 30.6 Å². The molecule has 4 aromatic rings. The first-order valence-corrected chi connectivity index (χ1v) is 9.94. The summed E-state index contributed by atoms with van der Waals surface area (Å²) in [5.41, 5.74) is 8.30. The van der Waals surface area contributed by atoms with Crippen molar-refractivity contribution < 1.29 is 18.7 Å². The molecule has 0 radical (unpaired) electrons. The number of ether oxygens (including phenoxy) is 1. The van der Waals surface area contributed by atoms with Gasteiger partial charge in [0.15, 0.2) is 0 Å². The molecule has 0 saturated heterocycles. The number of hydrogen-bond acceptors (Lipinski definition) is 4. The number of H-pyrrole nitrogens is 1. The lowest BCUT2D eigenvalue weighted by molar-refractivity contribution is 0.100. The summed E-state index contributed by atoms with van der Waals surface area (Å²) in [6.45, 7) is 1.91. The minimum atomic E-state index is -0.656. The summed E-state index contributed by atoms with van der Waals surface area (Å²) < 4.78 is 20.3. The maximum Gasteiger partial charge on any atom is 0.323 e. The Kier molecular flexibility index (Phi) is 6.03. The number of carbonyl (C=O) groups is 2. The smallest absolute Gasteiger partial charge is 0.323 e. The number of nitrogens with two attached hydrogens (primary N) is 1. The number of primary amides is 1. The molecule has 0 aliphatic carbocycles. The number of nitrogens with one attached hydrogen (secondary N) is 3. The van der Waals surface area contributed by atoms with Crippen LogP contribution in [0.1, 0.15) is 15.9 Å². The fraction of sp³-hybridized carbons (Fsp3) is 0.0417. The molecule has 8 nitrogen and oxygen atoms in total. The van der Waals surface area contributed by atoms with Gasteiger partial charge in [0.25, 0.3) is 0 Å². The van der Waals surface area contributed by atoms with E-state index in [0.29, 0.717) is 28.4 Å². The predicted molar refractivity (Wildman–Crippen MR) is 123 cm³/mol. The van der Waals surface area contributed by atoms with Gasteiger partial charge in [-0.05, 0) is 48.9 Å². The van der Waals surface area contributed by atoms with Crippen molar-refractivity contribution in [1.29, 1.82) is 0 Å². The van der Waals surface area contributed by atoms with Gasteiger partial charge in [-0.25, -0.2) is 9.18 Å². The van der Waals surface area contributed by atoms with E-state index in [-0.39, 0.29) is 11.4 Å². The van der Waals surface area contributed by atoms with E-state index in [1.54, 1.807) is 30.3 Å². The van der Waals surface area contributed by atoms with Crippen LogP contribution >= 0.6 is 0 Å². The highest BCUT2D eigenvalue weighted by Crippen LogP contribution is 2.28. The molecule has 0 spiro atoms. The number of urea groups is 1. The number of aromatic nitrogens is 2. The molecule has 9 heteroatoms. The highest BCUT2D eigenvalue weighted by molar-refractivity contribution is 5.99. The molecule has 4 rings (SSSR count). The first kappa shape index (κ1) is 21.6. The van der Waals surface area contributed by atoms with Crippen molar-refractivity contribution in [3.8, 4) is 22.9 Å². The summed E-state index contributed by atoms with van der Waals surface area (Å²) in [6.07, 6.45) is 3.01. The topological polar surface area (TPSA) is 122 Å². The van der Waals surface area contributed by atoms with Gasteiger partial charge in [-0.15, -0.1) is 0 Å². The minimum Gasteiger partial charge on any atom is -0.457 e. The van der Waals surface area contributed by atoms with Gasteiger partial charge in [0, 0.05) is 30.2 Å². The largest absolute Gasteiger partial charge is 0.457 e. The molecular formula is C24H20FN5O3. The zero-order valence-electron chi connectivity index (χ0n) is 17.6. The van der Waals surface area contributed by atoms with Crippen LogP contribution in [0.4, 0.5) is 20.6 Å². The summed E-state index contributed by atoms with van der Waals surface area (Å²) in [7, 11) is 0. The third-order valence-corrected chi connectivity index (χ3v) is 4.68. The molecule has 5 N–H and O–H groups in total. The number of benzene rings is 2. The zero-order chi connectivity index (χ0) is 23.4. The Morgan fingerprint density at radius 2 is 1.85 bits per heavy atom. The molecule has 0 aliphatic rings. The Labute approximate surface area is 188 Å². The van der Waals surface area contributed by atoms with Crippen LogP contribution in [0.2, 0.25) is 0 Å². The number of aryl methyl sites for hydroxylation is 1. The van der Waals surface area contributed by atoms with E-state index >= 15 is 0 Å². The number of rotatable bonds is 6. The molecular weight excluding hydrogens is 425 g/mol. The summed E-state index contributed by atoms with van der Waals surface area (Å²) in [5, 5.41) is 5.14. The van der Waals surface area contributed by atoms with Crippen molar-refractivity contribution in [2.45, 2.75) is 6.92 Å². The highest BCUT2D eigenvalue weighted by atomic mass is 19.1. The van der Waals surface area contributed by atoms with Gasteiger partial charge in [-0.3, -0.25) is 9.78 Å². The quantitative estimate of drug-likeness (QED) is 0.331. The van der Waals surface area contributed by atoms with E-state index in [0.717, 1.165) is 5.56 Å². The maximum atomic E-state index is 14.6. The summed E-state index contributed by atoms with van der Waals surface area (Å²) in [5.74, 6) is -0.565. The zero-order valence-corrected chi connectivity index (χ0v) is 17.6. The lowest BCUT2D eigenvalue weighted by atomic mass is 10.2. The average molecular weight is 445 g/mol. The minimum absolute atomic E-state index is 0.00767. The third-order valence-electron chi connectivity index (χ3n) is 4.68. The number of amides is 3. The number of aromatic amines is 1. The summed E-state index contributed by atoms with van der Waals surface area (Å²) in [6, 6.07) is 15.6. The molecule has 3 amide bonds. The van der Waals surface area contributed by atoms with Crippen molar-refractivity contribution >= 4 is 23.3 Å². The SMILES string of the molecule is Cc1cccc(NC(=O)Nc2ccc(Oc3ccnc(-c4cc(C(N)=O)c[nH]4)c3)cc2F)c1. The Bertz CT molecular complexity index is 1340. The van der Waals surface area contributed by atoms with Crippen LogP contribution in [0.25, 0.3) is 11.4 Å². The first-order valence-electron chi connectivity index (χ1n) is 9.94. The molecule has 0 atom stereocenters. The number of pyridine rings is 1. The van der Waals surface area contributed by atoms with Crippen molar-refractivity contribution in [2.24, 2.45) is 5.73 Å². The van der Waals surface area contributed by atoms with Gasteiger partial charge >= 0.3 is 6.03 Å². The fourth-order valence-electron chi connectivity index (χ4n) is 3.11. The van der Waals surface area contributed by atoms with Crippen molar-refractivity contribution in [1.82, 2.24) is 9.97 Å². The van der Waals surface area contributed by atoms with Crippen LogP contribution < -0.4 is 21.1 Å². The van der Waals surface area contributed by atoms with Crippen LogP contribution in [-0.4, -0.2) is 21.9 Å². The maximum absolute atomic E-state index is 14.6. The molecule has 0 bridgehead atoms. The molecule has 2 aromatic carbocycles. The van der Waals surface area contributed by atoms with Gasteiger partial charge in [-0.1, -0.05) is 12.1 Å². The van der Waals surface area contributed by atoms with E-state index in [4.69, 9.17) is 10.5 Å². The molecule has 2 aromatic heterocycles. The normalized spacial score (nSPS) is 10.5. The van der Waals surface area contributed by atoms with E-state index in [1.807, 2.05) is 19.1 Å². The van der Waals surface area contributed by atoms with Crippen LogP contribution in [0, 0.1) is 12.7 Å². The Balaban J connectivity index is 1.44. The Hall–Kier alpha value is -4.66. The fourth-order valence-corrected chi connectivity index (χ4v) is 3.11. The third kappa shape index (κ3) is 5.34. The predicted octanol–water partition coefficient (Wildman–Crippen LogP) is 5.06. The number of carbonyl (C=O) groups excluding carboxylic acids is 2.